The van der Waals surface area contributed by atoms with E-state index in [4.69, 9.17) is 11.6 Å². The summed E-state index contributed by atoms with van der Waals surface area (Å²) in [6.45, 7) is 3.39. The molecule has 3 amide bonds. The van der Waals surface area contributed by atoms with Crippen LogP contribution in [0.15, 0.2) is 30.3 Å². The van der Waals surface area contributed by atoms with Crippen molar-refractivity contribution < 1.29 is 9.59 Å². The Bertz CT molecular complexity index is 407. The van der Waals surface area contributed by atoms with E-state index >= 15 is 0 Å². The second kappa shape index (κ2) is 7.01. The average Bonchev–Trinajstić information content (AvgIpc) is 2.29. The Morgan fingerprint density at radius 1 is 1.22 bits per heavy atom. The van der Waals surface area contributed by atoms with E-state index in [2.05, 4.69) is 10.6 Å². The third-order valence-electron chi connectivity index (χ3n) is 2.36. The summed E-state index contributed by atoms with van der Waals surface area (Å²) < 4.78 is 0. The number of nitrogens with one attached hydrogen (secondary N) is 2. The second-order valence-electron chi connectivity index (χ2n) is 4.17. The lowest BCUT2D eigenvalue weighted by Gasteiger charge is -2.14. The lowest BCUT2D eigenvalue weighted by Crippen LogP contribution is -2.46. The summed E-state index contributed by atoms with van der Waals surface area (Å²) in [6, 6.07) is 9.22. The zero-order valence-electron chi connectivity index (χ0n) is 10.4. The zero-order valence-corrected chi connectivity index (χ0v) is 11.2. The molecular weight excluding hydrogens is 252 g/mol. The van der Waals surface area contributed by atoms with Crippen molar-refractivity contribution in [3.8, 4) is 0 Å². The molecular formula is C13H17ClN2O2. The fourth-order valence-electron chi connectivity index (χ4n) is 1.49. The number of rotatable bonds is 4. The van der Waals surface area contributed by atoms with Crippen LogP contribution >= 0.6 is 11.6 Å². The number of benzene rings is 1. The largest absolute Gasteiger partial charge is 0.335 e. The van der Waals surface area contributed by atoms with Crippen LogP contribution in [0.2, 0.25) is 0 Å². The number of halogens is 1. The van der Waals surface area contributed by atoms with E-state index < -0.39 is 17.3 Å². The van der Waals surface area contributed by atoms with Gasteiger partial charge in [0.2, 0.25) is 5.91 Å². The van der Waals surface area contributed by atoms with Crippen LogP contribution in [0.4, 0.5) is 4.79 Å². The molecule has 0 fully saturated rings. The molecule has 5 heteroatoms. The number of carbonyl (C=O) groups excluding carboxylic acids is 2. The van der Waals surface area contributed by atoms with E-state index in [-0.39, 0.29) is 6.04 Å². The third kappa shape index (κ3) is 5.19. The Morgan fingerprint density at radius 3 is 2.39 bits per heavy atom. The summed E-state index contributed by atoms with van der Waals surface area (Å²) in [6.07, 6.45) is 0.707. The molecule has 18 heavy (non-hydrogen) atoms. The number of imide groups is 1. The molecule has 0 saturated carbocycles. The van der Waals surface area contributed by atoms with E-state index in [0.717, 1.165) is 5.56 Å². The molecule has 2 atom stereocenters. The van der Waals surface area contributed by atoms with Gasteiger partial charge in [0.25, 0.3) is 0 Å². The van der Waals surface area contributed by atoms with Crippen molar-refractivity contribution in [3.05, 3.63) is 35.9 Å². The molecule has 0 radical (unpaired) electrons. The van der Waals surface area contributed by atoms with Crippen LogP contribution in [0.5, 0.6) is 0 Å². The van der Waals surface area contributed by atoms with Gasteiger partial charge in [-0.25, -0.2) is 4.79 Å². The molecule has 0 bridgehead atoms. The van der Waals surface area contributed by atoms with Gasteiger partial charge in [-0.15, -0.1) is 11.6 Å². The first kappa shape index (κ1) is 14.5. The van der Waals surface area contributed by atoms with Crippen LogP contribution in [-0.4, -0.2) is 23.4 Å². The van der Waals surface area contributed by atoms with Crippen LogP contribution in [0.1, 0.15) is 19.4 Å². The Morgan fingerprint density at radius 2 is 1.83 bits per heavy atom. The second-order valence-corrected chi connectivity index (χ2v) is 4.82. The van der Waals surface area contributed by atoms with Crippen molar-refractivity contribution in [2.75, 3.05) is 0 Å². The number of hydrogen-bond acceptors (Lipinski definition) is 2. The summed E-state index contributed by atoms with van der Waals surface area (Å²) in [4.78, 5) is 22.6. The molecule has 4 nitrogen and oxygen atoms in total. The highest BCUT2D eigenvalue weighted by atomic mass is 35.5. The van der Waals surface area contributed by atoms with Gasteiger partial charge in [-0.2, -0.15) is 0 Å². The van der Waals surface area contributed by atoms with Crippen molar-refractivity contribution in [1.82, 2.24) is 10.6 Å². The minimum atomic E-state index is -0.722. The predicted octanol–water partition coefficient (Wildman–Crippen LogP) is 2.07. The monoisotopic (exact) mass is 268 g/mol. The van der Waals surface area contributed by atoms with E-state index in [9.17, 15) is 9.59 Å². The van der Waals surface area contributed by atoms with E-state index in [1.807, 2.05) is 37.3 Å². The standard InChI is InChI=1S/C13H17ClN2O2/c1-9(8-11-6-4-3-5-7-11)15-13(18)16-12(17)10(2)14/h3-7,9-10H,8H2,1-2H3,(H2,15,16,17,18). The number of carbonyl (C=O) groups is 2. The minimum Gasteiger partial charge on any atom is -0.335 e. The minimum absolute atomic E-state index is 0.0640. The third-order valence-corrected chi connectivity index (χ3v) is 2.56. The number of alkyl halides is 1. The Labute approximate surface area is 112 Å². The van der Waals surface area contributed by atoms with Gasteiger partial charge in [0.15, 0.2) is 0 Å². The van der Waals surface area contributed by atoms with Crippen LogP contribution in [0, 0.1) is 0 Å². The lowest BCUT2D eigenvalue weighted by atomic mass is 10.1. The quantitative estimate of drug-likeness (QED) is 0.822. The molecule has 0 spiro atoms. The van der Waals surface area contributed by atoms with Gasteiger partial charge in [0.1, 0.15) is 5.38 Å². The number of hydrogen-bond donors (Lipinski definition) is 2. The van der Waals surface area contributed by atoms with E-state index in [1.54, 1.807) is 0 Å². The average molecular weight is 269 g/mol. The van der Waals surface area contributed by atoms with Crippen LogP contribution < -0.4 is 10.6 Å². The highest BCUT2D eigenvalue weighted by molar-refractivity contribution is 6.31. The lowest BCUT2D eigenvalue weighted by molar-refractivity contribution is -0.119. The number of urea groups is 1. The molecule has 98 valence electrons. The maximum Gasteiger partial charge on any atom is 0.321 e. The maximum atomic E-state index is 11.5. The van der Waals surface area contributed by atoms with Gasteiger partial charge in [-0.3, -0.25) is 10.1 Å². The van der Waals surface area contributed by atoms with Gasteiger partial charge in [-0.05, 0) is 25.8 Å². The van der Waals surface area contributed by atoms with E-state index in [1.165, 1.54) is 6.92 Å². The molecule has 1 aromatic carbocycles. The van der Waals surface area contributed by atoms with Gasteiger partial charge in [0.05, 0.1) is 0 Å². The van der Waals surface area contributed by atoms with Crippen molar-refractivity contribution >= 4 is 23.5 Å². The van der Waals surface area contributed by atoms with Gasteiger partial charge in [0, 0.05) is 6.04 Å². The zero-order chi connectivity index (χ0) is 13.5. The highest BCUT2D eigenvalue weighted by Crippen LogP contribution is 2.02. The van der Waals surface area contributed by atoms with E-state index in [0.29, 0.717) is 6.42 Å². The normalized spacial score (nSPS) is 13.5. The first-order valence-electron chi connectivity index (χ1n) is 5.78. The first-order chi connectivity index (χ1) is 8.49. The van der Waals surface area contributed by atoms with Crippen molar-refractivity contribution in [1.29, 1.82) is 0 Å². The Kier molecular flexibility index (Phi) is 5.65. The van der Waals surface area contributed by atoms with Crippen molar-refractivity contribution in [2.24, 2.45) is 0 Å². The summed E-state index contributed by atoms with van der Waals surface area (Å²) in [5, 5.41) is 4.14. The fraction of sp³-hybridized carbons (Fsp3) is 0.385. The number of amides is 3. The molecule has 0 aliphatic heterocycles. The Hall–Kier alpha value is -1.55. The Balaban J connectivity index is 2.38. The maximum absolute atomic E-state index is 11.5. The molecule has 2 unspecified atom stereocenters. The van der Waals surface area contributed by atoms with Crippen LogP contribution in [0.25, 0.3) is 0 Å². The summed E-state index contributed by atoms with van der Waals surface area (Å²) >= 11 is 5.55. The molecule has 0 aliphatic rings. The summed E-state index contributed by atoms with van der Waals surface area (Å²) in [5.41, 5.74) is 1.13. The first-order valence-corrected chi connectivity index (χ1v) is 6.22. The van der Waals surface area contributed by atoms with Gasteiger partial charge in [-0.1, -0.05) is 30.3 Å². The fourth-order valence-corrected chi connectivity index (χ4v) is 1.54. The van der Waals surface area contributed by atoms with Crippen molar-refractivity contribution in [2.45, 2.75) is 31.7 Å². The molecule has 1 rings (SSSR count). The summed E-state index contributed by atoms with van der Waals surface area (Å²) in [7, 11) is 0. The van der Waals surface area contributed by atoms with Crippen LogP contribution in [0.3, 0.4) is 0 Å². The van der Waals surface area contributed by atoms with Crippen molar-refractivity contribution in [3.63, 3.8) is 0 Å². The molecule has 0 heterocycles. The van der Waals surface area contributed by atoms with Crippen LogP contribution in [-0.2, 0) is 11.2 Å². The van der Waals surface area contributed by atoms with Gasteiger partial charge >= 0.3 is 6.03 Å². The van der Waals surface area contributed by atoms with Gasteiger partial charge < -0.3 is 5.32 Å². The summed E-state index contributed by atoms with van der Waals surface area (Å²) in [5.74, 6) is -0.499. The molecule has 2 N–H and O–H groups in total. The molecule has 0 aliphatic carbocycles. The predicted molar refractivity (Wildman–Crippen MR) is 71.6 cm³/mol. The SMILES string of the molecule is CC(Cc1ccccc1)NC(=O)NC(=O)C(C)Cl. The highest BCUT2D eigenvalue weighted by Gasteiger charge is 2.14. The topological polar surface area (TPSA) is 58.2 Å². The smallest absolute Gasteiger partial charge is 0.321 e. The molecule has 0 saturated heterocycles. The molecule has 1 aromatic rings. The molecule has 0 aromatic heterocycles.